The molecule has 0 spiro atoms. The maximum Gasteiger partial charge on any atom is 0.191 e. The van der Waals surface area contributed by atoms with Crippen LogP contribution < -0.4 is 10.6 Å². The van der Waals surface area contributed by atoms with Crippen molar-refractivity contribution in [2.45, 2.75) is 40.2 Å². The number of rotatable bonds is 8. The molecule has 126 valence electrons. The number of hydrogen-bond donors (Lipinski definition) is 2. The SMILES string of the molecule is C=CCNC(=NCC(C)C)NCCc1ccn(C(C)C)n1.I. The third-order valence-electron chi connectivity index (χ3n) is 2.89. The van der Waals surface area contributed by atoms with Crippen LogP contribution in [0.15, 0.2) is 29.9 Å². The van der Waals surface area contributed by atoms with Crippen molar-refractivity contribution in [2.24, 2.45) is 10.9 Å². The molecule has 1 aromatic rings. The summed E-state index contributed by atoms with van der Waals surface area (Å²) in [5.41, 5.74) is 1.10. The van der Waals surface area contributed by atoms with E-state index in [0.717, 1.165) is 31.2 Å². The lowest BCUT2D eigenvalue weighted by Crippen LogP contribution is -2.38. The Kier molecular flexibility index (Phi) is 11.0. The molecule has 1 aromatic heterocycles. The first-order valence-electron chi connectivity index (χ1n) is 7.70. The summed E-state index contributed by atoms with van der Waals surface area (Å²) in [5, 5.41) is 11.1. The predicted octanol–water partition coefficient (Wildman–Crippen LogP) is 3.00. The van der Waals surface area contributed by atoms with Crippen molar-refractivity contribution < 1.29 is 0 Å². The number of halogens is 1. The van der Waals surface area contributed by atoms with E-state index in [-0.39, 0.29) is 24.0 Å². The summed E-state index contributed by atoms with van der Waals surface area (Å²) in [4.78, 5) is 4.55. The lowest BCUT2D eigenvalue weighted by atomic mass is 10.2. The monoisotopic (exact) mass is 419 g/mol. The van der Waals surface area contributed by atoms with E-state index < -0.39 is 0 Å². The molecule has 0 fully saturated rings. The van der Waals surface area contributed by atoms with E-state index in [2.05, 4.69) is 61.1 Å². The van der Waals surface area contributed by atoms with E-state index in [0.29, 0.717) is 18.5 Å². The molecule has 0 saturated carbocycles. The predicted molar refractivity (Wildman–Crippen MR) is 105 cm³/mol. The van der Waals surface area contributed by atoms with Crippen molar-refractivity contribution >= 4 is 29.9 Å². The van der Waals surface area contributed by atoms with Crippen LogP contribution in [0.2, 0.25) is 0 Å². The lowest BCUT2D eigenvalue weighted by molar-refractivity contribution is 0.526. The Morgan fingerprint density at radius 2 is 2.09 bits per heavy atom. The molecule has 0 radical (unpaired) electrons. The molecule has 0 aliphatic carbocycles. The van der Waals surface area contributed by atoms with E-state index in [4.69, 9.17) is 0 Å². The van der Waals surface area contributed by atoms with Crippen molar-refractivity contribution in [1.29, 1.82) is 0 Å². The highest BCUT2D eigenvalue weighted by molar-refractivity contribution is 14.0. The Balaban J connectivity index is 0.00000441. The molecule has 0 aromatic carbocycles. The lowest BCUT2D eigenvalue weighted by Gasteiger charge is -2.11. The standard InChI is InChI=1S/C16H29N5.HI/c1-6-9-17-16(19-12-13(2)3)18-10-7-15-8-11-21(20-15)14(4)5;/h6,8,11,13-14H,1,7,9-10,12H2,2-5H3,(H2,17,18,19);1H. The van der Waals surface area contributed by atoms with Crippen LogP contribution in [0.4, 0.5) is 0 Å². The van der Waals surface area contributed by atoms with Gasteiger partial charge in [0.25, 0.3) is 0 Å². The maximum atomic E-state index is 4.55. The minimum absolute atomic E-state index is 0. The summed E-state index contributed by atoms with van der Waals surface area (Å²) in [7, 11) is 0. The third-order valence-corrected chi connectivity index (χ3v) is 2.89. The first-order chi connectivity index (χ1) is 10.0. The van der Waals surface area contributed by atoms with E-state index in [1.54, 1.807) is 0 Å². The molecular weight excluding hydrogens is 389 g/mol. The largest absolute Gasteiger partial charge is 0.356 e. The number of hydrogen-bond acceptors (Lipinski definition) is 2. The molecule has 5 nitrogen and oxygen atoms in total. The first kappa shape index (κ1) is 20.9. The van der Waals surface area contributed by atoms with E-state index in [9.17, 15) is 0 Å². The summed E-state index contributed by atoms with van der Waals surface area (Å²) < 4.78 is 1.99. The van der Waals surface area contributed by atoms with Crippen LogP contribution in [-0.4, -0.2) is 35.4 Å². The average molecular weight is 419 g/mol. The summed E-state index contributed by atoms with van der Waals surface area (Å²) in [5.74, 6) is 1.39. The van der Waals surface area contributed by atoms with Crippen molar-refractivity contribution in [1.82, 2.24) is 20.4 Å². The first-order valence-corrected chi connectivity index (χ1v) is 7.70. The van der Waals surface area contributed by atoms with Gasteiger partial charge in [0.2, 0.25) is 0 Å². The van der Waals surface area contributed by atoms with Crippen LogP contribution in [0.3, 0.4) is 0 Å². The number of nitrogens with zero attached hydrogens (tertiary/aromatic N) is 3. The van der Waals surface area contributed by atoms with Crippen LogP contribution in [0.5, 0.6) is 0 Å². The topological polar surface area (TPSA) is 54.2 Å². The van der Waals surface area contributed by atoms with Crippen LogP contribution in [0.25, 0.3) is 0 Å². The zero-order valence-corrected chi connectivity index (χ0v) is 16.5. The Bertz CT molecular complexity index is 451. The molecule has 0 saturated heterocycles. The average Bonchev–Trinajstić information content (AvgIpc) is 2.90. The number of aliphatic imine (C=N–C) groups is 1. The van der Waals surface area contributed by atoms with Gasteiger partial charge in [-0.3, -0.25) is 9.67 Å². The minimum Gasteiger partial charge on any atom is -0.356 e. The van der Waals surface area contributed by atoms with Gasteiger partial charge in [-0.2, -0.15) is 5.10 Å². The zero-order chi connectivity index (χ0) is 15.7. The number of aromatic nitrogens is 2. The normalized spacial score (nSPS) is 11.5. The fourth-order valence-corrected chi connectivity index (χ4v) is 1.72. The highest BCUT2D eigenvalue weighted by Crippen LogP contribution is 2.04. The van der Waals surface area contributed by atoms with Gasteiger partial charge in [-0.15, -0.1) is 30.6 Å². The van der Waals surface area contributed by atoms with Gasteiger partial charge in [-0.1, -0.05) is 19.9 Å². The number of nitrogens with one attached hydrogen (secondary N) is 2. The van der Waals surface area contributed by atoms with Crippen LogP contribution in [0, 0.1) is 5.92 Å². The molecule has 2 N–H and O–H groups in total. The summed E-state index contributed by atoms with van der Waals surface area (Å²) in [6.07, 6.45) is 4.75. The van der Waals surface area contributed by atoms with Gasteiger partial charge in [0, 0.05) is 38.3 Å². The van der Waals surface area contributed by atoms with Crippen molar-refractivity contribution in [3.8, 4) is 0 Å². The van der Waals surface area contributed by atoms with Gasteiger partial charge in [0.05, 0.1) is 5.69 Å². The minimum atomic E-state index is 0. The van der Waals surface area contributed by atoms with Gasteiger partial charge < -0.3 is 10.6 Å². The highest BCUT2D eigenvalue weighted by atomic mass is 127. The van der Waals surface area contributed by atoms with E-state index in [1.165, 1.54) is 0 Å². The number of guanidine groups is 1. The van der Waals surface area contributed by atoms with Crippen molar-refractivity contribution in [2.75, 3.05) is 19.6 Å². The quantitative estimate of drug-likeness (QED) is 0.295. The molecule has 1 rings (SSSR count). The zero-order valence-electron chi connectivity index (χ0n) is 14.2. The van der Waals surface area contributed by atoms with E-state index >= 15 is 0 Å². The molecule has 22 heavy (non-hydrogen) atoms. The Morgan fingerprint density at radius 1 is 1.36 bits per heavy atom. The van der Waals surface area contributed by atoms with Crippen LogP contribution in [0.1, 0.15) is 39.4 Å². The molecule has 6 heteroatoms. The fraction of sp³-hybridized carbons (Fsp3) is 0.625. The van der Waals surface area contributed by atoms with Gasteiger partial charge in [0.1, 0.15) is 0 Å². The summed E-state index contributed by atoms with van der Waals surface area (Å²) in [6.45, 7) is 14.6. The second-order valence-corrected chi connectivity index (χ2v) is 5.81. The van der Waals surface area contributed by atoms with Gasteiger partial charge in [-0.25, -0.2) is 0 Å². The molecule has 0 unspecified atom stereocenters. The second-order valence-electron chi connectivity index (χ2n) is 5.81. The Hall–Kier alpha value is -1.05. The fourth-order valence-electron chi connectivity index (χ4n) is 1.72. The van der Waals surface area contributed by atoms with Crippen molar-refractivity contribution in [3.05, 3.63) is 30.6 Å². The molecule has 0 atom stereocenters. The molecule has 0 aliphatic heterocycles. The van der Waals surface area contributed by atoms with Gasteiger partial charge in [-0.05, 0) is 25.8 Å². The molecule has 0 aliphatic rings. The van der Waals surface area contributed by atoms with E-state index in [1.807, 2.05) is 17.0 Å². The van der Waals surface area contributed by atoms with Gasteiger partial charge in [0.15, 0.2) is 5.96 Å². The Labute approximate surface area is 151 Å². The van der Waals surface area contributed by atoms with Crippen LogP contribution in [-0.2, 0) is 6.42 Å². The molecule has 0 amide bonds. The molecule has 1 heterocycles. The molecule has 0 bridgehead atoms. The van der Waals surface area contributed by atoms with Crippen LogP contribution >= 0.6 is 24.0 Å². The smallest absolute Gasteiger partial charge is 0.191 e. The Morgan fingerprint density at radius 3 is 2.64 bits per heavy atom. The summed E-state index contributed by atoms with van der Waals surface area (Å²) >= 11 is 0. The summed E-state index contributed by atoms with van der Waals surface area (Å²) in [6, 6.07) is 2.48. The third kappa shape index (κ3) is 8.41. The van der Waals surface area contributed by atoms with Crippen molar-refractivity contribution in [3.63, 3.8) is 0 Å². The highest BCUT2D eigenvalue weighted by Gasteiger charge is 2.03. The molecular formula is C16H30IN5. The maximum absolute atomic E-state index is 4.55. The van der Waals surface area contributed by atoms with Gasteiger partial charge >= 0.3 is 0 Å². The second kappa shape index (κ2) is 11.5.